The SMILES string of the molecule is CC(C)N(OCCN1CCOCC1)S(=O)(=O)CCCCCCNC(=O)C=Cc1ccncc1. The number of nitrogens with zero attached hydrogens (tertiary/aromatic N) is 3. The fourth-order valence-electron chi connectivity index (χ4n) is 3.41. The molecule has 1 aromatic rings. The second-order valence-corrected chi connectivity index (χ2v) is 10.2. The van der Waals surface area contributed by atoms with Crippen molar-refractivity contribution in [2.75, 3.05) is 51.8 Å². The number of rotatable bonds is 15. The van der Waals surface area contributed by atoms with Crippen molar-refractivity contribution < 1.29 is 22.8 Å². The third-order valence-corrected chi connectivity index (χ3v) is 7.07. The lowest BCUT2D eigenvalue weighted by atomic mass is 10.2. The van der Waals surface area contributed by atoms with E-state index < -0.39 is 10.0 Å². The van der Waals surface area contributed by atoms with Crippen LogP contribution in [-0.4, -0.2) is 86.5 Å². The first kappa shape index (κ1) is 27.4. The minimum atomic E-state index is -3.48. The van der Waals surface area contributed by atoms with Gasteiger partial charge in [-0.1, -0.05) is 17.3 Å². The largest absolute Gasteiger partial charge is 0.379 e. The van der Waals surface area contributed by atoms with Gasteiger partial charge < -0.3 is 10.1 Å². The fourth-order valence-corrected chi connectivity index (χ4v) is 5.03. The highest BCUT2D eigenvalue weighted by molar-refractivity contribution is 7.88. The zero-order valence-corrected chi connectivity index (χ0v) is 20.6. The summed E-state index contributed by atoms with van der Waals surface area (Å²) in [7, 11) is -3.48. The topological polar surface area (TPSA) is 101 Å². The van der Waals surface area contributed by atoms with Crippen LogP contribution in [0.2, 0.25) is 0 Å². The lowest BCUT2D eigenvalue weighted by Crippen LogP contribution is -2.42. The number of aromatic nitrogens is 1. The smallest absolute Gasteiger partial charge is 0.243 e. The Morgan fingerprint density at radius 2 is 1.91 bits per heavy atom. The molecule has 33 heavy (non-hydrogen) atoms. The van der Waals surface area contributed by atoms with E-state index in [1.54, 1.807) is 18.5 Å². The van der Waals surface area contributed by atoms with Crippen LogP contribution in [0.5, 0.6) is 0 Å². The number of carbonyl (C=O) groups is 1. The van der Waals surface area contributed by atoms with E-state index in [2.05, 4.69) is 15.2 Å². The molecule has 0 unspecified atom stereocenters. The summed E-state index contributed by atoms with van der Waals surface area (Å²) >= 11 is 0. The lowest BCUT2D eigenvalue weighted by Gasteiger charge is -2.29. The first-order valence-corrected chi connectivity index (χ1v) is 13.3. The van der Waals surface area contributed by atoms with E-state index in [1.807, 2.05) is 26.0 Å². The van der Waals surface area contributed by atoms with Crippen molar-refractivity contribution in [1.29, 1.82) is 0 Å². The Hall–Kier alpha value is -1.85. The molecule has 1 aromatic heterocycles. The number of nitrogens with one attached hydrogen (secondary N) is 1. The van der Waals surface area contributed by atoms with Crippen molar-refractivity contribution in [3.05, 3.63) is 36.2 Å². The standard InChI is InChI=1S/C23H38N4O5S/c1-21(2)27(32-19-16-26-14-17-31-18-15-26)33(29,30)20-6-4-3-5-11-25-23(28)8-7-22-9-12-24-13-10-22/h7-10,12-13,21H,3-6,11,14-20H2,1-2H3,(H,25,28). The van der Waals surface area contributed by atoms with Crippen molar-refractivity contribution in [2.45, 2.75) is 45.6 Å². The van der Waals surface area contributed by atoms with Crippen LogP contribution in [0.4, 0.5) is 0 Å². The average molecular weight is 483 g/mol. The van der Waals surface area contributed by atoms with Gasteiger partial charge in [0.05, 0.1) is 25.6 Å². The Morgan fingerprint density at radius 3 is 2.61 bits per heavy atom. The van der Waals surface area contributed by atoms with Crippen LogP contribution < -0.4 is 5.32 Å². The molecule has 1 amide bonds. The van der Waals surface area contributed by atoms with Gasteiger partial charge in [0.15, 0.2) is 0 Å². The molecule has 1 aliphatic rings. The number of pyridine rings is 1. The molecule has 0 radical (unpaired) electrons. The molecule has 1 N–H and O–H groups in total. The van der Waals surface area contributed by atoms with Crippen molar-refractivity contribution in [3.8, 4) is 0 Å². The zero-order valence-electron chi connectivity index (χ0n) is 19.8. The molecular formula is C23H38N4O5S. The number of morpholine rings is 1. The molecule has 9 nitrogen and oxygen atoms in total. The Labute approximate surface area is 198 Å². The van der Waals surface area contributed by atoms with Crippen LogP contribution >= 0.6 is 0 Å². The minimum absolute atomic E-state index is 0.0593. The van der Waals surface area contributed by atoms with Crippen molar-refractivity contribution >= 4 is 22.0 Å². The number of amides is 1. The van der Waals surface area contributed by atoms with E-state index in [4.69, 9.17) is 9.57 Å². The van der Waals surface area contributed by atoms with Gasteiger partial charge in [-0.2, -0.15) is 0 Å². The first-order chi connectivity index (χ1) is 15.9. The summed E-state index contributed by atoms with van der Waals surface area (Å²) in [6.07, 6.45) is 9.59. The molecule has 0 saturated carbocycles. The number of carbonyl (C=O) groups excluding carboxylic acids is 1. The highest BCUT2D eigenvalue weighted by Gasteiger charge is 2.26. The molecule has 2 rings (SSSR count). The third-order valence-electron chi connectivity index (χ3n) is 5.19. The van der Waals surface area contributed by atoms with E-state index in [9.17, 15) is 13.2 Å². The van der Waals surface area contributed by atoms with Crippen molar-refractivity contribution in [3.63, 3.8) is 0 Å². The molecule has 0 bridgehead atoms. The average Bonchev–Trinajstić information content (AvgIpc) is 2.80. The molecule has 186 valence electrons. The van der Waals surface area contributed by atoms with Gasteiger partial charge in [-0.25, -0.2) is 8.42 Å². The molecule has 10 heteroatoms. The summed E-state index contributed by atoms with van der Waals surface area (Å²) in [5, 5.41) is 2.84. The minimum Gasteiger partial charge on any atom is -0.379 e. The number of hydroxylamine groups is 1. The van der Waals surface area contributed by atoms with E-state index in [0.717, 1.165) is 42.4 Å². The summed E-state index contributed by atoms with van der Waals surface area (Å²) in [5.74, 6) is -0.0831. The van der Waals surface area contributed by atoms with Crippen LogP contribution in [-0.2, 0) is 24.4 Å². The summed E-state index contributed by atoms with van der Waals surface area (Å²) in [6, 6.07) is 3.40. The molecule has 1 aliphatic heterocycles. The van der Waals surface area contributed by atoms with Crippen LogP contribution in [0.25, 0.3) is 6.08 Å². The van der Waals surface area contributed by atoms with Gasteiger partial charge in [-0.05, 0) is 50.5 Å². The summed E-state index contributed by atoms with van der Waals surface area (Å²) in [5.41, 5.74) is 0.918. The predicted molar refractivity (Wildman–Crippen MR) is 129 cm³/mol. The fraction of sp³-hybridized carbons (Fsp3) is 0.652. The van der Waals surface area contributed by atoms with Crippen LogP contribution in [0.1, 0.15) is 45.1 Å². The second kappa shape index (κ2) is 15.1. The molecule has 0 atom stereocenters. The Bertz CT molecular complexity index is 811. The van der Waals surface area contributed by atoms with E-state index in [0.29, 0.717) is 39.3 Å². The molecule has 2 heterocycles. The van der Waals surface area contributed by atoms with Gasteiger partial charge in [0, 0.05) is 50.7 Å². The zero-order chi connectivity index (χ0) is 23.9. The molecule has 0 spiro atoms. The third kappa shape index (κ3) is 11.2. The molecule has 1 fully saturated rings. The summed E-state index contributed by atoms with van der Waals surface area (Å²) < 4.78 is 31.9. The molecule has 1 saturated heterocycles. The van der Waals surface area contributed by atoms with Crippen molar-refractivity contribution in [2.24, 2.45) is 0 Å². The van der Waals surface area contributed by atoms with Gasteiger partial charge >= 0.3 is 0 Å². The van der Waals surface area contributed by atoms with Crippen molar-refractivity contribution in [1.82, 2.24) is 19.7 Å². The van der Waals surface area contributed by atoms with Crippen LogP contribution in [0.15, 0.2) is 30.6 Å². The second-order valence-electron chi connectivity index (χ2n) is 8.27. The number of unbranched alkanes of at least 4 members (excludes halogenated alkanes) is 3. The maximum atomic E-state index is 12.7. The summed E-state index contributed by atoms with van der Waals surface area (Å²) in [4.78, 5) is 23.6. The van der Waals surface area contributed by atoms with Gasteiger partial charge in [0.25, 0.3) is 0 Å². The summed E-state index contributed by atoms with van der Waals surface area (Å²) in [6.45, 7) is 8.33. The highest BCUT2D eigenvalue weighted by Crippen LogP contribution is 2.12. The lowest BCUT2D eigenvalue weighted by molar-refractivity contribution is -0.116. The molecule has 0 aliphatic carbocycles. The molecule has 0 aromatic carbocycles. The van der Waals surface area contributed by atoms with E-state index >= 15 is 0 Å². The Morgan fingerprint density at radius 1 is 1.21 bits per heavy atom. The monoisotopic (exact) mass is 482 g/mol. The first-order valence-electron chi connectivity index (χ1n) is 11.7. The quantitative estimate of drug-likeness (QED) is 0.232. The molecular weight excluding hydrogens is 444 g/mol. The van der Waals surface area contributed by atoms with Crippen LogP contribution in [0.3, 0.4) is 0 Å². The van der Waals surface area contributed by atoms with E-state index in [1.165, 1.54) is 6.08 Å². The Balaban J connectivity index is 1.58. The number of hydrogen-bond acceptors (Lipinski definition) is 7. The van der Waals surface area contributed by atoms with Gasteiger partial charge in [-0.15, -0.1) is 0 Å². The maximum absolute atomic E-state index is 12.7. The van der Waals surface area contributed by atoms with Gasteiger partial charge in [-0.3, -0.25) is 19.5 Å². The maximum Gasteiger partial charge on any atom is 0.243 e. The van der Waals surface area contributed by atoms with E-state index in [-0.39, 0.29) is 17.7 Å². The number of sulfonamides is 1. The normalized spacial score (nSPS) is 15.5. The predicted octanol–water partition coefficient (Wildman–Crippen LogP) is 2.08. The number of hydrogen-bond donors (Lipinski definition) is 1. The van der Waals surface area contributed by atoms with Gasteiger partial charge in [0.1, 0.15) is 0 Å². The Kier molecular flexibility index (Phi) is 12.6. The number of ether oxygens (including phenoxy) is 1. The van der Waals surface area contributed by atoms with Crippen LogP contribution in [0, 0.1) is 0 Å². The van der Waals surface area contributed by atoms with Gasteiger partial charge in [0.2, 0.25) is 15.9 Å². The highest BCUT2D eigenvalue weighted by atomic mass is 32.2.